The lowest BCUT2D eigenvalue weighted by Crippen LogP contribution is -2.31. The van der Waals surface area contributed by atoms with Crippen LogP contribution < -0.4 is 10.6 Å². The molecule has 0 aromatic heterocycles. The maximum absolute atomic E-state index is 13.5. The van der Waals surface area contributed by atoms with Gasteiger partial charge in [-0.3, -0.25) is 4.79 Å². The molecule has 1 aromatic carbocycles. The summed E-state index contributed by atoms with van der Waals surface area (Å²) in [6, 6.07) is 4.79. The summed E-state index contributed by atoms with van der Waals surface area (Å²) >= 11 is 0. The first-order valence-corrected chi connectivity index (χ1v) is 4.84. The normalized spacial score (nSPS) is 9.44. The van der Waals surface area contributed by atoms with E-state index >= 15 is 0 Å². The Kier molecular flexibility index (Phi) is 6.69. The van der Waals surface area contributed by atoms with Crippen LogP contribution >= 0.6 is 12.4 Å². The van der Waals surface area contributed by atoms with E-state index in [0.717, 1.165) is 0 Å². The summed E-state index contributed by atoms with van der Waals surface area (Å²) in [5, 5.41) is 5.52. The van der Waals surface area contributed by atoms with Crippen molar-refractivity contribution in [2.75, 3.05) is 20.1 Å². The topological polar surface area (TPSA) is 41.1 Å². The number of carbonyl (C=O) groups excluding carboxylic acids is 1. The van der Waals surface area contributed by atoms with E-state index < -0.39 is 5.82 Å². The molecule has 0 heterocycles. The Morgan fingerprint density at radius 2 is 2.06 bits per heavy atom. The molecule has 2 N–H and O–H groups in total. The van der Waals surface area contributed by atoms with Gasteiger partial charge >= 0.3 is 0 Å². The molecule has 0 aliphatic carbocycles. The van der Waals surface area contributed by atoms with Gasteiger partial charge in [-0.25, -0.2) is 4.39 Å². The van der Waals surface area contributed by atoms with Crippen LogP contribution in [0.25, 0.3) is 0 Å². The number of amides is 1. The second kappa shape index (κ2) is 7.19. The standard InChI is InChI=1S/C11H15FN2O.ClH/c1-8-4-3-5-9(10(8)12)11(15)14-7-6-13-2;/h3-5,13H,6-7H2,1-2H3,(H,14,15);1H. The lowest BCUT2D eigenvalue weighted by Gasteiger charge is -2.06. The molecule has 0 saturated heterocycles. The van der Waals surface area contributed by atoms with Crippen molar-refractivity contribution in [3.05, 3.63) is 35.1 Å². The number of likely N-dealkylation sites (N-methyl/N-ethyl adjacent to an activating group) is 1. The van der Waals surface area contributed by atoms with Gasteiger partial charge in [-0.2, -0.15) is 0 Å². The summed E-state index contributed by atoms with van der Waals surface area (Å²) in [5.74, 6) is -0.814. The molecule has 0 aliphatic heterocycles. The molecule has 0 spiro atoms. The SMILES string of the molecule is CNCCNC(=O)c1cccc(C)c1F.Cl. The van der Waals surface area contributed by atoms with E-state index in [1.165, 1.54) is 6.07 Å². The van der Waals surface area contributed by atoms with E-state index in [4.69, 9.17) is 0 Å². The smallest absolute Gasteiger partial charge is 0.254 e. The number of hydrogen-bond acceptors (Lipinski definition) is 2. The minimum Gasteiger partial charge on any atom is -0.351 e. The molecule has 1 rings (SSSR count). The highest BCUT2D eigenvalue weighted by Gasteiger charge is 2.11. The van der Waals surface area contributed by atoms with Gasteiger partial charge in [-0.1, -0.05) is 12.1 Å². The Labute approximate surface area is 101 Å². The van der Waals surface area contributed by atoms with Crippen molar-refractivity contribution in [1.29, 1.82) is 0 Å². The summed E-state index contributed by atoms with van der Waals surface area (Å²) < 4.78 is 13.5. The van der Waals surface area contributed by atoms with E-state index in [2.05, 4.69) is 10.6 Å². The fourth-order valence-electron chi connectivity index (χ4n) is 1.22. The number of carbonyl (C=O) groups is 1. The highest BCUT2D eigenvalue weighted by Crippen LogP contribution is 2.11. The zero-order chi connectivity index (χ0) is 11.3. The Hall–Kier alpha value is -1.13. The van der Waals surface area contributed by atoms with Crippen LogP contribution in [0, 0.1) is 12.7 Å². The molecule has 0 fully saturated rings. The van der Waals surface area contributed by atoms with Gasteiger partial charge in [0.15, 0.2) is 0 Å². The largest absolute Gasteiger partial charge is 0.351 e. The Morgan fingerprint density at radius 3 is 2.69 bits per heavy atom. The molecule has 5 heteroatoms. The third-order valence-electron chi connectivity index (χ3n) is 2.10. The van der Waals surface area contributed by atoms with Crippen molar-refractivity contribution < 1.29 is 9.18 Å². The van der Waals surface area contributed by atoms with Crippen LogP contribution in [0.4, 0.5) is 4.39 Å². The summed E-state index contributed by atoms with van der Waals surface area (Å²) in [6.07, 6.45) is 0. The molecular weight excluding hydrogens is 231 g/mol. The van der Waals surface area contributed by atoms with Gasteiger partial charge in [0, 0.05) is 13.1 Å². The summed E-state index contributed by atoms with van der Waals surface area (Å²) in [4.78, 5) is 11.5. The predicted octanol–water partition coefficient (Wildman–Crippen LogP) is 1.51. The quantitative estimate of drug-likeness (QED) is 0.791. The second-order valence-electron chi connectivity index (χ2n) is 3.30. The molecule has 0 bridgehead atoms. The molecular formula is C11H16ClFN2O. The molecule has 0 saturated carbocycles. The van der Waals surface area contributed by atoms with Crippen LogP contribution in [0.15, 0.2) is 18.2 Å². The van der Waals surface area contributed by atoms with E-state index in [0.29, 0.717) is 18.7 Å². The number of aryl methyl sites for hydroxylation is 1. The lowest BCUT2D eigenvalue weighted by molar-refractivity contribution is 0.0950. The molecule has 3 nitrogen and oxygen atoms in total. The maximum Gasteiger partial charge on any atom is 0.254 e. The minimum absolute atomic E-state index is 0. The first-order valence-electron chi connectivity index (χ1n) is 4.84. The van der Waals surface area contributed by atoms with Crippen molar-refractivity contribution in [3.63, 3.8) is 0 Å². The molecule has 1 amide bonds. The Bertz CT molecular complexity index is 358. The lowest BCUT2D eigenvalue weighted by atomic mass is 10.1. The van der Waals surface area contributed by atoms with Crippen molar-refractivity contribution in [1.82, 2.24) is 10.6 Å². The maximum atomic E-state index is 13.5. The van der Waals surface area contributed by atoms with E-state index in [9.17, 15) is 9.18 Å². The van der Waals surface area contributed by atoms with Gasteiger partial charge < -0.3 is 10.6 Å². The Morgan fingerprint density at radius 1 is 1.38 bits per heavy atom. The fourth-order valence-corrected chi connectivity index (χ4v) is 1.22. The number of benzene rings is 1. The number of halogens is 2. The molecule has 0 unspecified atom stereocenters. The Balaban J connectivity index is 0.00000225. The number of nitrogens with one attached hydrogen (secondary N) is 2. The van der Waals surface area contributed by atoms with Crippen LogP contribution in [0.3, 0.4) is 0 Å². The second-order valence-corrected chi connectivity index (χ2v) is 3.30. The highest BCUT2D eigenvalue weighted by molar-refractivity contribution is 5.94. The average molecular weight is 247 g/mol. The molecule has 1 aromatic rings. The first-order chi connectivity index (χ1) is 7.16. The van der Waals surface area contributed by atoms with Crippen molar-refractivity contribution in [2.45, 2.75) is 6.92 Å². The number of rotatable bonds is 4. The van der Waals surface area contributed by atoms with Gasteiger partial charge in [0.25, 0.3) is 5.91 Å². The monoisotopic (exact) mass is 246 g/mol. The summed E-state index contributed by atoms with van der Waals surface area (Å²) in [5.41, 5.74) is 0.586. The van der Waals surface area contributed by atoms with Crippen molar-refractivity contribution in [2.24, 2.45) is 0 Å². The van der Waals surface area contributed by atoms with Gasteiger partial charge in [-0.15, -0.1) is 12.4 Å². The third kappa shape index (κ3) is 3.79. The van der Waals surface area contributed by atoms with Gasteiger partial charge in [0.05, 0.1) is 5.56 Å². The minimum atomic E-state index is -0.445. The van der Waals surface area contributed by atoms with Gasteiger partial charge in [-0.05, 0) is 25.6 Å². The molecule has 0 radical (unpaired) electrons. The molecule has 0 atom stereocenters. The zero-order valence-corrected chi connectivity index (χ0v) is 10.2. The van der Waals surface area contributed by atoms with Crippen LogP contribution in [-0.2, 0) is 0 Å². The van der Waals surface area contributed by atoms with Crippen LogP contribution in [0.5, 0.6) is 0 Å². The molecule has 90 valence electrons. The van der Waals surface area contributed by atoms with Crippen molar-refractivity contribution >= 4 is 18.3 Å². The number of hydrogen-bond donors (Lipinski definition) is 2. The van der Waals surface area contributed by atoms with Gasteiger partial charge in [0.2, 0.25) is 0 Å². The first kappa shape index (κ1) is 14.9. The fraction of sp³-hybridized carbons (Fsp3) is 0.364. The van der Waals surface area contributed by atoms with Crippen molar-refractivity contribution in [3.8, 4) is 0 Å². The van der Waals surface area contributed by atoms with Crippen LogP contribution in [0.1, 0.15) is 15.9 Å². The van der Waals surface area contributed by atoms with E-state index in [1.807, 2.05) is 0 Å². The summed E-state index contributed by atoms with van der Waals surface area (Å²) in [7, 11) is 1.79. The summed E-state index contributed by atoms with van der Waals surface area (Å²) in [6.45, 7) is 2.79. The van der Waals surface area contributed by atoms with E-state index in [1.54, 1.807) is 26.1 Å². The third-order valence-corrected chi connectivity index (χ3v) is 2.10. The van der Waals surface area contributed by atoms with Gasteiger partial charge in [0.1, 0.15) is 5.82 Å². The van der Waals surface area contributed by atoms with Crippen LogP contribution in [-0.4, -0.2) is 26.0 Å². The predicted molar refractivity (Wildman–Crippen MR) is 64.6 cm³/mol. The van der Waals surface area contributed by atoms with E-state index in [-0.39, 0.29) is 23.9 Å². The average Bonchev–Trinajstić information content (AvgIpc) is 2.22. The van der Waals surface area contributed by atoms with Crippen LogP contribution in [0.2, 0.25) is 0 Å². The highest BCUT2D eigenvalue weighted by atomic mass is 35.5. The zero-order valence-electron chi connectivity index (χ0n) is 9.34. The molecule has 0 aliphatic rings. The molecule has 16 heavy (non-hydrogen) atoms.